The Morgan fingerprint density at radius 3 is 2.80 bits per heavy atom. The maximum atomic E-state index is 11.6. The number of carbonyl (C=O) groups is 2. The molecule has 1 fully saturated rings. The van der Waals surface area contributed by atoms with Crippen molar-refractivity contribution in [2.24, 2.45) is 0 Å². The zero-order valence-corrected chi connectivity index (χ0v) is 10.3. The highest BCUT2D eigenvalue weighted by Crippen LogP contribution is 2.11. The summed E-state index contributed by atoms with van der Waals surface area (Å²) in [5.74, 6) is -0.470. The molecule has 0 radical (unpaired) electrons. The number of amides is 1. The van der Waals surface area contributed by atoms with E-state index in [9.17, 15) is 9.59 Å². The van der Waals surface area contributed by atoms with Crippen molar-refractivity contribution in [1.29, 1.82) is 0 Å². The fourth-order valence-corrected chi connectivity index (χ4v) is 1.66. The Hall–Kier alpha value is -0.620. The molecule has 0 N–H and O–H groups in total. The van der Waals surface area contributed by atoms with E-state index in [-0.39, 0.29) is 17.3 Å². The van der Waals surface area contributed by atoms with E-state index in [4.69, 9.17) is 4.74 Å². The Kier molecular flexibility index (Phi) is 4.53. The van der Waals surface area contributed by atoms with Crippen molar-refractivity contribution in [1.82, 2.24) is 4.90 Å². The van der Waals surface area contributed by atoms with Crippen LogP contribution >= 0.6 is 15.9 Å². The molecule has 0 saturated carbocycles. The number of rotatable bonds is 2. The summed E-state index contributed by atoms with van der Waals surface area (Å²) in [5.41, 5.74) is 0. The molecule has 1 rings (SSSR count). The minimum atomic E-state index is -0.654. The number of alkyl halides is 1. The van der Waals surface area contributed by atoms with E-state index in [0.717, 1.165) is 0 Å². The van der Waals surface area contributed by atoms with Crippen LogP contribution in [0.1, 0.15) is 6.92 Å². The summed E-state index contributed by atoms with van der Waals surface area (Å²) in [4.78, 5) is 24.2. The van der Waals surface area contributed by atoms with Gasteiger partial charge in [0.1, 0.15) is 0 Å². The highest BCUT2D eigenvalue weighted by atomic mass is 79.9. The Morgan fingerprint density at radius 2 is 2.27 bits per heavy atom. The van der Waals surface area contributed by atoms with Crippen LogP contribution in [0.5, 0.6) is 0 Å². The summed E-state index contributed by atoms with van der Waals surface area (Å²) < 4.78 is 9.77. The van der Waals surface area contributed by atoms with Crippen LogP contribution in [0.15, 0.2) is 0 Å². The molecule has 5 nitrogen and oxygen atoms in total. The van der Waals surface area contributed by atoms with E-state index >= 15 is 0 Å². The van der Waals surface area contributed by atoms with Crippen molar-refractivity contribution < 1.29 is 19.1 Å². The second-order valence-electron chi connectivity index (χ2n) is 3.28. The van der Waals surface area contributed by atoms with Gasteiger partial charge in [0.05, 0.1) is 25.1 Å². The molecule has 1 amide bonds. The van der Waals surface area contributed by atoms with Crippen LogP contribution in [0.4, 0.5) is 0 Å². The molecule has 0 aliphatic carbocycles. The van der Waals surface area contributed by atoms with Crippen molar-refractivity contribution in [2.75, 3.05) is 26.8 Å². The minimum Gasteiger partial charge on any atom is -0.467 e. The third-order valence-corrected chi connectivity index (χ3v) is 2.57. The van der Waals surface area contributed by atoms with E-state index in [1.165, 1.54) is 7.11 Å². The zero-order chi connectivity index (χ0) is 11.4. The summed E-state index contributed by atoms with van der Waals surface area (Å²) in [5, 5.41) is 0. The number of nitrogens with zero attached hydrogens (tertiary/aromatic N) is 1. The van der Waals surface area contributed by atoms with Gasteiger partial charge in [0.2, 0.25) is 5.91 Å². The lowest BCUT2D eigenvalue weighted by Gasteiger charge is -2.32. The maximum Gasteiger partial charge on any atom is 0.336 e. The van der Waals surface area contributed by atoms with Gasteiger partial charge in [0, 0.05) is 6.54 Å². The number of ether oxygens (including phenoxy) is 2. The molecule has 0 aromatic rings. The van der Waals surface area contributed by atoms with Crippen molar-refractivity contribution in [3.63, 3.8) is 0 Å². The fraction of sp³-hybridized carbons (Fsp3) is 0.778. The van der Waals surface area contributed by atoms with Crippen LogP contribution in [0.25, 0.3) is 0 Å². The molecule has 0 aromatic heterocycles. The van der Waals surface area contributed by atoms with Crippen LogP contribution in [0, 0.1) is 0 Å². The number of methoxy groups -OCH3 is 1. The average molecular weight is 280 g/mol. The Balaban J connectivity index is 2.56. The summed E-state index contributed by atoms with van der Waals surface area (Å²) in [6.07, 6.45) is -0.654. The molecule has 0 bridgehead atoms. The van der Waals surface area contributed by atoms with E-state index < -0.39 is 12.1 Å². The summed E-state index contributed by atoms with van der Waals surface area (Å²) in [6, 6.07) is 0. The molecule has 2 unspecified atom stereocenters. The molecule has 0 spiro atoms. The lowest BCUT2D eigenvalue weighted by atomic mass is 10.2. The standard InChI is InChI=1S/C9H14BrNO4/c1-6(10)8(12)11-3-4-15-7(5-11)9(13)14-2/h6-7H,3-5H2,1-2H3. The van der Waals surface area contributed by atoms with Crippen LogP contribution in [0.3, 0.4) is 0 Å². The molecular formula is C9H14BrNO4. The van der Waals surface area contributed by atoms with E-state index in [1.807, 2.05) is 0 Å². The first-order valence-corrected chi connectivity index (χ1v) is 5.60. The molecule has 0 aromatic carbocycles. The van der Waals surface area contributed by atoms with E-state index in [0.29, 0.717) is 13.2 Å². The number of halogens is 1. The number of carbonyl (C=O) groups excluding carboxylic acids is 2. The van der Waals surface area contributed by atoms with Gasteiger partial charge in [-0.25, -0.2) is 4.79 Å². The molecule has 1 saturated heterocycles. The Morgan fingerprint density at radius 1 is 1.60 bits per heavy atom. The largest absolute Gasteiger partial charge is 0.467 e. The SMILES string of the molecule is COC(=O)C1CN(C(=O)C(C)Br)CCO1. The van der Waals surface area contributed by atoms with Gasteiger partial charge in [-0.1, -0.05) is 15.9 Å². The molecular weight excluding hydrogens is 266 g/mol. The van der Waals surface area contributed by atoms with Gasteiger partial charge in [-0.05, 0) is 6.92 Å². The predicted octanol–water partition coefficient (Wildman–Crippen LogP) is 0.170. The molecule has 1 aliphatic rings. The number of hydrogen-bond donors (Lipinski definition) is 0. The quantitative estimate of drug-likeness (QED) is 0.534. The minimum absolute atomic E-state index is 0.0350. The molecule has 1 aliphatic heterocycles. The van der Waals surface area contributed by atoms with Gasteiger partial charge in [-0.15, -0.1) is 0 Å². The van der Waals surface area contributed by atoms with Gasteiger partial charge in [0.15, 0.2) is 6.10 Å². The monoisotopic (exact) mass is 279 g/mol. The second kappa shape index (κ2) is 5.46. The van der Waals surface area contributed by atoms with Crippen molar-refractivity contribution in [3.05, 3.63) is 0 Å². The van der Waals surface area contributed by atoms with Crippen LogP contribution in [-0.4, -0.2) is 54.5 Å². The molecule has 15 heavy (non-hydrogen) atoms. The predicted molar refractivity (Wildman–Crippen MR) is 56.7 cm³/mol. The van der Waals surface area contributed by atoms with Gasteiger partial charge in [-0.3, -0.25) is 4.79 Å². The van der Waals surface area contributed by atoms with Crippen molar-refractivity contribution in [3.8, 4) is 0 Å². The topological polar surface area (TPSA) is 55.8 Å². The van der Waals surface area contributed by atoms with Gasteiger partial charge in [-0.2, -0.15) is 0 Å². The second-order valence-corrected chi connectivity index (χ2v) is 4.66. The average Bonchev–Trinajstić information content (AvgIpc) is 2.27. The highest BCUT2D eigenvalue weighted by molar-refractivity contribution is 9.10. The Labute approximate surface area is 96.8 Å². The van der Waals surface area contributed by atoms with Crippen molar-refractivity contribution in [2.45, 2.75) is 17.9 Å². The molecule has 6 heteroatoms. The summed E-state index contributed by atoms with van der Waals surface area (Å²) in [6.45, 7) is 2.90. The number of morpholine rings is 1. The van der Waals surface area contributed by atoms with Crippen LogP contribution in [-0.2, 0) is 19.1 Å². The smallest absolute Gasteiger partial charge is 0.336 e. The van der Waals surface area contributed by atoms with Gasteiger partial charge >= 0.3 is 5.97 Å². The van der Waals surface area contributed by atoms with E-state index in [2.05, 4.69) is 20.7 Å². The fourth-order valence-electron chi connectivity index (χ4n) is 1.38. The van der Waals surface area contributed by atoms with Crippen LogP contribution in [0.2, 0.25) is 0 Å². The maximum absolute atomic E-state index is 11.6. The van der Waals surface area contributed by atoms with Gasteiger partial charge in [0.25, 0.3) is 0 Å². The highest BCUT2D eigenvalue weighted by Gasteiger charge is 2.30. The summed E-state index contributed by atoms with van der Waals surface area (Å²) >= 11 is 3.20. The summed E-state index contributed by atoms with van der Waals surface area (Å²) in [7, 11) is 1.31. The molecule has 2 atom stereocenters. The first kappa shape index (κ1) is 12.4. The normalized spacial score (nSPS) is 23.4. The molecule has 1 heterocycles. The first-order valence-electron chi connectivity index (χ1n) is 4.68. The van der Waals surface area contributed by atoms with Gasteiger partial charge < -0.3 is 14.4 Å². The zero-order valence-electron chi connectivity index (χ0n) is 8.73. The number of hydrogen-bond acceptors (Lipinski definition) is 4. The van der Waals surface area contributed by atoms with Crippen molar-refractivity contribution >= 4 is 27.8 Å². The lowest BCUT2D eigenvalue weighted by Crippen LogP contribution is -2.50. The third kappa shape index (κ3) is 3.17. The third-order valence-electron chi connectivity index (χ3n) is 2.18. The first-order chi connectivity index (χ1) is 7.06. The van der Waals surface area contributed by atoms with Crippen LogP contribution < -0.4 is 0 Å². The Bertz CT molecular complexity index is 256. The molecule has 86 valence electrons. The van der Waals surface area contributed by atoms with E-state index in [1.54, 1.807) is 11.8 Å². The lowest BCUT2D eigenvalue weighted by molar-refractivity contribution is -0.162. The number of esters is 1.